The van der Waals surface area contributed by atoms with Gasteiger partial charge in [0, 0.05) is 18.3 Å². The van der Waals surface area contributed by atoms with Gasteiger partial charge in [0.05, 0.1) is 29.7 Å². The van der Waals surface area contributed by atoms with Crippen molar-refractivity contribution in [2.75, 3.05) is 5.32 Å². The predicted octanol–water partition coefficient (Wildman–Crippen LogP) is 3.74. The maximum Gasteiger partial charge on any atom is 0.276 e. The molecule has 33 heavy (non-hydrogen) atoms. The van der Waals surface area contributed by atoms with E-state index in [9.17, 15) is 9.59 Å². The Morgan fingerprint density at radius 1 is 1.18 bits per heavy atom. The van der Waals surface area contributed by atoms with Gasteiger partial charge in [-0.05, 0) is 36.4 Å². The van der Waals surface area contributed by atoms with Crippen LogP contribution in [-0.4, -0.2) is 31.4 Å². The van der Waals surface area contributed by atoms with Crippen LogP contribution in [0.2, 0.25) is 10.0 Å². The Morgan fingerprint density at radius 2 is 2.03 bits per heavy atom. The minimum Gasteiger partial charge on any atom is -0.470 e. The number of hydrogen-bond donors (Lipinski definition) is 2. The Labute approximate surface area is 198 Å². The monoisotopic (exact) mass is 488 g/mol. The number of benzene rings is 1. The zero-order valence-corrected chi connectivity index (χ0v) is 18.8. The van der Waals surface area contributed by atoms with Crippen molar-refractivity contribution in [3.8, 4) is 5.75 Å². The number of nitrogens with one attached hydrogen (secondary N) is 2. The molecule has 2 amide bonds. The molecule has 12 heteroatoms. The summed E-state index contributed by atoms with van der Waals surface area (Å²) in [6.45, 7) is 0.231. The van der Waals surface area contributed by atoms with Crippen LogP contribution in [0.5, 0.6) is 5.75 Å². The molecule has 0 saturated carbocycles. The second-order valence-electron chi connectivity index (χ2n) is 6.84. The summed E-state index contributed by atoms with van der Waals surface area (Å²) in [5.41, 5.74) is 0.569. The molecule has 4 rings (SSSR count). The van der Waals surface area contributed by atoms with E-state index in [2.05, 4.69) is 20.8 Å². The van der Waals surface area contributed by atoms with Crippen LogP contribution in [0.25, 0.3) is 0 Å². The lowest BCUT2D eigenvalue weighted by atomic mass is 10.3. The van der Waals surface area contributed by atoms with Gasteiger partial charge < -0.3 is 19.8 Å². The molecule has 4 aromatic rings. The second kappa shape index (κ2) is 9.80. The molecule has 0 aliphatic carbocycles. The number of aryl methyl sites for hydroxylation is 1. The fraction of sp³-hybridized carbons (Fsp3) is 0.143. The molecule has 0 radical (unpaired) electrons. The average molecular weight is 489 g/mol. The summed E-state index contributed by atoms with van der Waals surface area (Å²) >= 11 is 12.0. The number of rotatable bonds is 8. The first kappa shape index (κ1) is 22.4. The zero-order valence-electron chi connectivity index (χ0n) is 17.3. The lowest BCUT2D eigenvalue weighted by Crippen LogP contribution is -2.26. The molecule has 0 spiro atoms. The van der Waals surface area contributed by atoms with Gasteiger partial charge in [0.1, 0.15) is 17.2 Å². The van der Waals surface area contributed by atoms with Crippen molar-refractivity contribution in [1.82, 2.24) is 24.9 Å². The maximum atomic E-state index is 12.7. The fourth-order valence-corrected chi connectivity index (χ4v) is 3.39. The molecule has 1 aromatic carbocycles. The number of carbonyl (C=O) groups is 2. The summed E-state index contributed by atoms with van der Waals surface area (Å²) in [6, 6.07) is 9.86. The molecular formula is C21H18Cl2N6O4. The Bertz CT molecular complexity index is 1280. The smallest absolute Gasteiger partial charge is 0.276 e. The molecule has 0 aliphatic heterocycles. The number of ether oxygens (including phenoxy) is 1. The quantitative estimate of drug-likeness (QED) is 0.390. The van der Waals surface area contributed by atoms with Gasteiger partial charge in [-0.15, -0.1) is 0 Å². The van der Waals surface area contributed by atoms with Crippen molar-refractivity contribution in [2.45, 2.75) is 13.3 Å². The van der Waals surface area contributed by atoms with Crippen molar-refractivity contribution in [2.24, 2.45) is 7.05 Å². The van der Waals surface area contributed by atoms with Crippen molar-refractivity contribution >= 4 is 40.7 Å². The third kappa shape index (κ3) is 5.36. The van der Waals surface area contributed by atoms with Gasteiger partial charge in [0.2, 0.25) is 0 Å². The standard InChI is InChI=1S/C21H18Cl2N6O4/c1-28-19(21(31)24-10-14-3-2-8-32-14)17(11-25-28)26-20(30)16-6-7-29(27-16)12-33-18-5-4-13(22)9-15(18)23/h2-9,11H,10,12H2,1H3,(H,24,31)(H,26,30). The average Bonchev–Trinajstić information content (AvgIpc) is 3.53. The maximum absolute atomic E-state index is 12.7. The van der Waals surface area contributed by atoms with E-state index in [4.69, 9.17) is 32.4 Å². The fourth-order valence-electron chi connectivity index (χ4n) is 2.93. The Morgan fingerprint density at radius 3 is 2.79 bits per heavy atom. The molecule has 170 valence electrons. The summed E-state index contributed by atoms with van der Waals surface area (Å²) in [7, 11) is 1.60. The van der Waals surface area contributed by atoms with Crippen molar-refractivity contribution in [3.05, 3.63) is 82.2 Å². The van der Waals surface area contributed by atoms with Crippen molar-refractivity contribution < 1.29 is 18.7 Å². The highest BCUT2D eigenvalue weighted by molar-refractivity contribution is 6.35. The lowest BCUT2D eigenvalue weighted by Gasteiger charge is -2.08. The lowest BCUT2D eigenvalue weighted by molar-refractivity contribution is 0.0939. The van der Waals surface area contributed by atoms with Crippen LogP contribution in [0.4, 0.5) is 5.69 Å². The van der Waals surface area contributed by atoms with E-state index in [1.807, 2.05) is 0 Å². The Kier molecular flexibility index (Phi) is 6.66. The minimum atomic E-state index is -0.508. The van der Waals surface area contributed by atoms with Crippen LogP contribution in [0, 0.1) is 0 Å². The predicted molar refractivity (Wildman–Crippen MR) is 120 cm³/mol. The molecule has 3 heterocycles. The summed E-state index contributed by atoms with van der Waals surface area (Å²) < 4.78 is 13.6. The molecule has 10 nitrogen and oxygen atoms in total. The first-order chi connectivity index (χ1) is 15.9. The van der Waals surface area contributed by atoms with E-state index in [1.165, 1.54) is 27.9 Å². The number of halogens is 2. The first-order valence-electron chi connectivity index (χ1n) is 9.66. The normalized spacial score (nSPS) is 10.8. The van der Waals surface area contributed by atoms with Gasteiger partial charge >= 0.3 is 0 Å². The van der Waals surface area contributed by atoms with E-state index >= 15 is 0 Å². The van der Waals surface area contributed by atoms with E-state index in [0.717, 1.165) is 0 Å². The highest BCUT2D eigenvalue weighted by Gasteiger charge is 2.20. The number of aromatic nitrogens is 4. The minimum absolute atomic E-state index is 0.0297. The van der Waals surface area contributed by atoms with Gasteiger partial charge in [-0.3, -0.25) is 14.3 Å². The third-order valence-electron chi connectivity index (χ3n) is 4.52. The summed E-state index contributed by atoms with van der Waals surface area (Å²) in [6.07, 6.45) is 4.49. The van der Waals surface area contributed by atoms with E-state index < -0.39 is 11.8 Å². The first-order valence-corrected chi connectivity index (χ1v) is 10.4. The van der Waals surface area contributed by atoms with E-state index in [1.54, 1.807) is 43.6 Å². The molecule has 0 fully saturated rings. The molecule has 0 atom stereocenters. The van der Waals surface area contributed by atoms with Crippen LogP contribution in [0.3, 0.4) is 0 Å². The molecule has 2 N–H and O–H groups in total. The Hall–Kier alpha value is -3.76. The second-order valence-corrected chi connectivity index (χ2v) is 7.68. The number of furan rings is 1. The summed E-state index contributed by atoms with van der Waals surface area (Å²) in [5, 5.41) is 14.5. The van der Waals surface area contributed by atoms with Crippen LogP contribution < -0.4 is 15.4 Å². The van der Waals surface area contributed by atoms with Crippen LogP contribution in [0.1, 0.15) is 26.7 Å². The molecule has 0 saturated heterocycles. The van der Waals surface area contributed by atoms with Crippen molar-refractivity contribution in [1.29, 1.82) is 0 Å². The van der Waals surface area contributed by atoms with Crippen LogP contribution >= 0.6 is 23.2 Å². The van der Waals surface area contributed by atoms with Crippen LogP contribution in [-0.2, 0) is 20.3 Å². The molecule has 3 aromatic heterocycles. The number of anilines is 1. The highest BCUT2D eigenvalue weighted by atomic mass is 35.5. The van der Waals surface area contributed by atoms with E-state index in [-0.39, 0.29) is 30.4 Å². The third-order valence-corrected chi connectivity index (χ3v) is 5.06. The van der Waals surface area contributed by atoms with Gasteiger partial charge in [0.25, 0.3) is 11.8 Å². The summed E-state index contributed by atoms with van der Waals surface area (Å²) in [4.78, 5) is 25.3. The van der Waals surface area contributed by atoms with Gasteiger partial charge in [0.15, 0.2) is 12.4 Å². The van der Waals surface area contributed by atoms with Gasteiger partial charge in [-0.1, -0.05) is 23.2 Å². The number of carbonyl (C=O) groups excluding carboxylic acids is 2. The van der Waals surface area contributed by atoms with E-state index in [0.29, 0.717) is 21.6 Å². The van der Waals surface area contributed by atoms with Gasteiger partial charge in [-0.25, -0.2) is 4.68 Å². The number of hydrogen-bond acceptors (Lipinski definition) is 6. The molecule has 0 unspecified atom stereocenters. The molecular weight excluding hydrogens is 471 g/mol. The SMILES string of the molecule is Cn1ncc(NC(=O)c2ccn(COc3ccc(Cl)cc3Cl)n2)c1C(=O)NCc1ccco1. The molecule has 0 aliphatic rings. The number of amides is 2. The number of nitrogens with zero attached hydrogens (tertiary/aromatic N) is 4. The van der Waals surface area contributed by atoms with Crippen LogP contribution in [0.15, 0.2) is 59.5 Å². The largest absolute Gasteiger partial charge is 0.470 e. The topological polar surface area (TPSA) is 116 Å². The van der Waals surface area contributed by atoms with Crippen molar-refractivity contribution in [3.63, 3.8) is 0 Å². The zero-order chi connectivity index (χ0) is 23.4. The summed E-state index contributed by atoms with van der Waals surface area (Å²) in [5.74, 6) is 0.110. The van der Waals surface area contributed by atoms with Gasteiger partial charge in [-0.2, -0.15) is 10.2 Å². The highest BCUT2D eigenvalue weighted by Crippen LogP contribution is 2.27. The Balaban J connectivity index is 1.39. The molecule has 0 bridgehead atoms.